The first kappa shape index (κ1) is 18.1. The Hall–Kier alpha value is -2.25. The van der Waals surface area contributed by atoms with Crippen LogP contribution in [0.1, 0.15) is 12.8 Å². The molecule has 3 aliphatic heterocycles. The monoisotopic (exact) mass is 370 g/mol. The van der Waals surface area contributed by atoms with E-state index in [0.717, 1.165) is 43.7 Å². The number of hydrogen-bond acceptors (Lipinski definition) is 4. The van der Waals surface area contributed by atoms with Gasteiger partial charge >= 0.3 is 0 Å². The van der Waals surface area contributed by atoms with Gasteiger partial charge in [-0.1, -0.05) is 35.5 Å². The fraction of sp³-hybridized carbons (Fsp3) is 0.550. The molecular formula is C20H28N5O2+. The summed E-state index contributed by atoms with van der Waals surface area (Å²) in [5, 5.41) is 11.7. The molecule has 7 heteroatoms. The minimum absolute atomic E-state index is 0.137. The number of nitrogens with one attached hydrogen (secondary N) is 2. The molecular weight excluding hydrogens is 342 g/mol. The number of aromatic nitrogens is 3. The molecule has 27 heavy (non-hydrogen) atoms. The average molecular weight is 370 g/mol. The van der Waals surface area contributed by atoms with E-state index in [2.05, 4.69) is 27.8 Å². The highest BCUT2D eigenvalue weighted by Gasteiger charge is 2.46. The Kier molecular flexibility index (Phi) is 5.50. The number of rotatable bonds is 7. The largest absolute Gasteiger partial charge is 0.383 e. The van der Waals surface area contributed by atoms with Gasteiger partial charge in [-0.2, -0.15) is 0 Å². The molecule has 1 aromatic heterocycles. The van der Waals surface area contributed by atoms with Crippen molar-refractivity contribution in [1.82, 2.24) is 20.3 Å². The second kappa shape index (κ2) is 8.19. The lowest BCUT2D eigenvalue weighted by Crippen LogP contribution is -3.20. The molecule has 3 saturated heterocycles. The molecule has 2 aromatic rings. The Bertz CT molecular complexity index is 763. The highest BCUT2D eigenvalue weighted by molar-refractivity contribution is 5.79. The summed E-state index contributed by atoms with van der Waals surface area (Å²) in [6.45, 7) is 4.10. The van der Waals surface area contributed by atoms with Crippen molar-refractivity contribution in [3.05, 3.63) is 36.5 Å². The van der Waals surface area contributed by atoms with Crippen molar-refractivity contribution in [2.24, 2.45) is 11.8 Å². The molecule has 5 rings (SSSR count). The normalized spacial score (nSPS) is 26.9. The van der Waals surface area contributed by atoms with Gasteiger partial charge in [-0.25, -0.2) is 4.68 Å². The minimum Gasteiger partial charge on any atom is -0.383 e. The van der Waals surface area contributed by atoms with Crippen molar-refractivity contribution >= 4 is 5.91 Å². The molecule has 3 fully saturated rings. The summed E-state index contributed by atoms with van der Waals surface area (Å²) in [5.74, 6) is 0.810. The predicted molar refractivity (Wildman–Crippen MR) is 101 cm³/mol. The van der Waals surface area contributed by atoms with Crippen molar-refractivity contribution in [1.29, 1.82) is 0 Å². The molecule has 1 aromatic carbocycles. The number of fused-ring (bicyclic) bond motifs is 3. The lowest BCUT2D eigenvalue weighted by Gasteiger charge is -2.46. The number of carbonyl (C=O) groups is 1. The highest BCUT2D eigenvalue weighted by Crippen LogP contribution is 2.27. The Morgan fingerprint density at radius 2 is 2.22 bits per heavy atom. The maximum Gasteiger partial charge on any atom is 0.229 e. The number of piperidine rings is 3. The average Bonchev–Trinajstić information content (AvgIpc) is 3.18. The standard InChI is InChI=1S/C20H27N5O2/c1-27-10-8-21-20(26)18-13-24-9-7-16(18)11-17(24)12-25-14-19(22-23-25)15-5-3-2-4-6-15/h2-6,14,16-18H,7-13H2,1H3,(H,21,26)/p+1/t16-,17-,18+/m1/s1. The summed E-state index contributed by atoms with van der Waals surface area (Å²) in [4.78, 5) is 14.0. The molecule has 144 valence electrons. The number of amides is 1. The molecule has 0 spiro atoms. The van der Waals surface area contributed by atoms with Crippen LogP contribution in [0.2, 0.25) is 0 Å². The van der Waals surface area contributed by atoms with E-state index in [1.807, 2.05) is 29.1 Å². The fourth-order valence-corrected chi connectivity index (χ4v) is 4.58. The van der Waals surface area contributed by atoms with E-state index in [4.69, 9.17) is 4.74 Å². The predicted octanol–water partition coefficient (Wildman–Crippen LogP) is 0.00100. The number of quaternary nitrogens is 1. The number of benzene rings is 1. The molecule has 4 atom stereocenters. The Morgan fingerprint density at radius 1 is 1.37 bits per heavy atom. The third kappa shape index (κ3) is 4.04. The summed E-state index contributed by atoms with van der Waals surface area (Å²) in [6, 6.07) is 10.7. The summed E-state index contributed by atoms with van der Waals surface area (Å²) in [5.41, 5.74) is 2.01. The van der Waals surface area contributed by atoms with E-state index in [1.165, 1.54) is 4.90 Å². The maximum atomic E-state index is 12.5. The molecule has 0 radical (unpaired) electrons. The quantitative estimate of drug-likeness (QED) is 0.673. The lowest BCUT2D eigenvalue weighted by atomic mass is 9.75. The number of nitrogens with zero attached hydrogens (tertiary/aromatic N) is 3. The zero-order valence-electron chi connectivity index (χ0n) is 15.8. The molecule has 1 unspecified atom stereocenters. The van der Waals surface area contributed by atoms with Crippen LogP contribution in [0.3, 0.4) is 0 Å². The molecule has 3 aliphatic rings. The van der Waals surface area contributed by atoms with Gasteiger partial charge in [0.25, 0.3) is 0 Å². The number of ether oxygens (including phenoxy) is 1. The summed E-state index contributed by atoms with van der Waals surface area (Å²) in [7, 11) is 1.66. The molecule has 2 N–H and O–H groups in total. The van der Waals surface area contributed by atoms with Crippen LogP contribution in [0.15, 0.2) is 36.5 Å². The molecule has 7 nitrogen and oxygen atoms in total. The van der Waals surface area contributed by atoms with Gasteiger partial charge < -0.3 is 15.0 Å². The van der Waals surface area contributed by atoms with Crippen LogP contribution < -0.4 is 10.2 Å². The Labute approximate surface area is 159 Å². The minimum atomic E-state index is 0.137. The van der Waals surface area contributed by atoms with Crippen molar-refractivity contribution in [3.63, 3.8) is 0 Å². The van der Waals surface area contributed by atoms with Gasteiger partial charge in [0.2, 0.25) is 5.91 Å². The van der Waals surface area contributed by atoms with Crippen LogP contribution >= 0.6 is 0 Å². The van der Waals surface area contributed by atoms with Gasteiger partial charge in [0, 0.05) is 32.1 Å². The maximum absolute atomic E-state index is 12.5. The van der Waals surface area contributed by atoms with Crippen LogP contribution in [0.25, 0.3) is 11.3 Å². The molecule has 0 saturated carbocycles. The second-order valence-corrected chi connectivity index (χ2v) is 7.68. The van der Waals surface area contributed by atoms with Crippen LogP contribution in [0.4, 0.5) is 0 Å². The number of hydrogen-bond donors (Lipinski definition) is 2. The SMILES string of the molecule is COCCNC(=O)[C@H]1C[NH+]2CC[C@@H]1C[C@@H]2Cn1cc(-c2ccccc2)nn1. The summed E-state index contributed by atoms with van der Waals surface area (Å²) >= 11 is 0. The van der Waals surface area contributed by atoms with E-state index in [0.29, 0.717) is 25.1 Å². The van der Waals surface area contributed by atoms with Crippen molar-refractivity contribution in [3.8, 4) is 11.3 Å². The fourth-order valence-electron chi connectivity index (χ4n) is 4.58. The van der Waals surface area contributed by atoms with Crippen LogP contribution in [-0.4, -0.2) is 60.3 Å². The van der Waals surface area contributed by atoms with E-state index in [9.17, 15) is 4.79 Å². The van der Waals surface area contributed by atoms with Crippen molar-refractivity contribution in [2.75, 3.05) is 33.4 Å². The first-order chi connectivity index (χ1) is 13.2. The molecule has 0 aliphatic carbocycles. The van der Waals surface area contributed by atoms with E-state index < -0.39 is 0 Å². The Balaban J connectivity index is 1.36. The summed E-state index contributed by atoms with van der Waals surface area (Å²) in [6.07, 6.45) is 4.26. The molecule has 2 bridgehead atoms. The van der Waals surface area contributed by atoms with Gasteiger partial charge in [0.1, 0.15) is 11.7 Å². The Morgan fingerprint density at radius 3 is 2.96 bits per heavy atom. The first-order valence-electron chi connectivity index (χ1n) is 9.81. The number of methoxy groups -OCH3 is 1. The van der Waals surface area contributed by atoms with E-state index >= 15 is 0 Å². The molecule has 4 heterocycles. The van der Waals surface area contributed by atoms with Gasteiger partial charge in [-0.3, -0.25) is 4.79 Å². The van der Waals surface area contributed by atoms with E-state index in [1.54, 1.807) is 7.11 Å². The third-order valence-electron chi connectivity index (χ3n) is 6.01. The zero-order valence-corrected chi connectivity index (χ0v) is 15.8. The molecule has 1 amide bonds. The van der Waals surface area contributed by atoms with Crippen molar-refractivity contribution in [2.45, 2.75) is 25.4 Å². The van der Waals surface area contributed by atoms with Gasteiger partial charge in [-0.05, 0) is 5.92 Å². The van der Waals surface area contributed by atoms with Gasteiger partial charge in [0.15, 0.2) is 0 Å². The smallest absolute Gasteiger partial charge is 0.229 e. The van der Waals surface area contributed by atoms with Crippen LogP contribution in [-0.2, 0) is 16.1 Å². The topological polar surface area (TPSA) is 73.5 Å². The zero-order chi connectivity index (χ0) is 18.6. The van der Waals surface area contributed by atoms with E-state index in [-0.39, 0.29) is 11.8 Å². The lowest BCUT2D eigenvalue weighted by molar-refractivity contribution is -0.945. The summed E-state index contributed by atoms with van der Waals surface area (Å²) < 4.78 is 6.99. The van der Waals surface area contributed by atoms with Crippen LogP contribution in [0.5, 0.6) is 0 Å². The highest BCUT2D eigenvalue weighted by atomic mass is 16.5. The van der Waals surface area contributed by atoms with Gasteiger partial charge in [0.05, 0.1) is 38.4 Å². The third-order valence-corrected chi connectivity index (χ3v) is 6.01. The second-order valence-electron chi connectivity index (χ2n) is 7.68. The first-order valence-corrected chi connectivity index (χ1v) is 9.81. The van der Waals surface area contributed by atoms with Crippen LogP contribution in [0, 0.1) is 11.8 Å². The van der Waals surface area contributed by atoms with Gasteiger partial charge in [-0.15, -0.1) is 5.10 Å². The van der Waals surface area contributed by atoms with Crippen molar-refractivity contribution < 1.29 is 14.4 Å². The number of carbonyl (C=O) groups excluding carboxylic acids is 1.